The monoisotopic (exact) mass is 242 g/mol. The number of aromatic nitrogens is 2. The fraction of sp³-hybridized carbons (Fsp3) is 0.667. The van der Waals surface area contributed by atoms with Crippen molar-refractivity contribution in [2.45, 2.75) is 30.1 Å². The number of hydrogen-bond acceptors (Lipinski definition) is 6. The molecule has 0 aliphatic heterocycles. The molecule has 0 radical (unpaired) electrons. The second-order valence-electron chi connectivity index (χ2n) is 3.37. The van der Waals surface area contributed by atoms with Gasteiger partial charge in [-0.2, -0.15) is 9.64 Å². The van der Waals surface area contributed by atoms with E-state index in [4.69, 9.17) is 5.26 Å². The molecule has 1 unspecified atom stereocenters. The highest BCUT2D eigenvalue weighted by Crippen LogP contribution is 2.22. The van der Waals surface area contributed by atoms with Crippen molar-refractivity contribution in [2.75, 3.05) is 12.3 Å². The Morgan fingerprint density at radius 2 is 2.53 bits per heavy atom. The van der Waals surface area contributed by atoms with Gasteiger partial charge in [-0.05, 0) is 31.4 Å². The summed E-state index contributed by atoms with van der Waals surface area (Å²) in [5.74, 6) is 0.693. The highest BCUT2D eigenvalue weighted by molar-refractivity contribution is 8.01. The van der Waals surface area contributed by atoms with E-state index in [2.05, 4.69) is 27.7 Å². The van der Waals surface area contributed by atoms with Gasteiger partial charge in [0.15, 0.2) is 4.34 Å². The Hall–Kier alpha value is -0.640. The molecule has 0 aliphatic rings. The second kappa shape index (κ2) is 6.05. The maximum Gasteiger partial charge on any atom is 0.169 e. The van der Waals surface area contributed by atoms with E-state index in [0.717, 1.165) is 17.3 Å². The van der Waals surface area contributed by atoms with Gasteiger partial charge in [-0.15, -0.1) is 0 Å². The van der Waals surface area contributed by atoms with Crippen molar-refractivity contribution in [3.05, 3.63) is 6.33 Å². The van der Waals surface area contributed by atoms with Crippen LogP contribution in [0.25, 0.3) is 0 Å². The Balaban J connectivity index is 2.43. The first kappa shape index (κ1) is 12.4. The predicted octanol–water partition coefficient (Wildman–Crippen LogP) is 1.91. The molecule has 1 heterocycles. The van der Waals surface area contributed by atoms with Crippen LogP contribution in [0.1, 0.15) is 20.3 Å². The molecule has 6 heteroatoms. The number of thioether (sulfide) groups is 1. The Morgan fingerprint density at radius 1 is 1.73 bits per heavy atom. The van der Waals surface area contributed by atoms with E-state index in [9.17, 15) is 0 Å². The molecule has 1 rings (SSSR count). The molecule has 0 spiro atoms. The van der Waals surface area contributed by atoms with Crippen molar-refractivity contribution >= 4 is 23.3 Å². The molecular formula is C9H14N4S2. The molecule has 82 valence electrons. The molecule has 0 saturated heterocycles. The molecular weight excluding hydrogens is 228 g/mol. The minimum Gasteiger partial charge on any atom is -0.299 e. The zero-order valence-electron chi connectivity index (χ0n) is 8.86. The summed E-state index contributed by atoms with van der Waals surface area (Å²) < 4.78 is 4.83. The van der Waals surface area contributed by atoms with Crippen molar-refractivity contribution in [2.24, 2.45) is 0 Å². The van der Waals surface area contributed by atoms with Crippen LogP contribution in [0.2, 0.25) is 0 Å². The summed E-state index contributed by atoms with van der Waals surface area (Å²) in [6.07, 6.45) is 2.57. The SMILES string of the molecule is CCCNC(C)(C#N)CSc1ncns1. The molecule has 0 saturated carbocycles. The molecule has 0 amide bonds. The van der Waals surface area contributed by atoms with E-state index in [1.165, 1.54) is 17.9 Å². The number of rotatable bonds is 6. The van der Waals surface area contributed by atoms with Crippen LogP contribution in [0, 0.1) is 11.3 Å². The summed E-state index contributed by atoms with van der Waals surface area (Å²) >= 11 is 2.93. The van der Waals surface area contributed by atoms with Crippen LogP contribution in [0.4, 0.5) is 0 Å². The Labute approximate surface area is 98.3 Å². The minimum absolute atomic E-state index is 0.480. The van der Waals surface area contributed by atoms with Gasteiger partial charge in [-0.25, -0.2) is 4.98 Å². The first-order valence-corrected chi connectivity index (χ1v) is 6.52. The standard InChI is InChI=1S/C9H14N4S2/c1-3-4-12-9(2,5-10)6-14-8-11-7-13-15-8/h7,12H,3-4,6H2,1-2H3. The number of hydrogen-bond donors (Lipinski definition) is 1. The van der Waals surface area contributed by atoms with Crippen molar-refractivity contribution in [1.82, 2.24) is 14.7 Å². The number of nitrogens with one attached hydrogen (secondary N) is 1. The fourth-order valence-electron chi connectivity index (χ4n) is 0.956. The topological polar surface area (TPSA) is 61.6 Å². The smallest absolute Gasteiger partial charge is 0.169 e. The molecule has 1 N–H and O–H groups in total. The molecule has 4 nitrogen and oxygen atoms in total. The quantitative estimate of drug-likeness (QED) is 0.772. The first-order valence-electron chi connectivity index (χ1n) is 4.76. The van der Waals surface area contributed by atoms with Gasteiger partial charge < -0.3 is 0 Å². The van der Waals surface area contributed by atoms with Gasteiger partial charge in [0.2, 0.25) is 0 Å². The summed E-state index contributed by atoms with van der Waals surface area (Å²) in [6.45, 7) is 4.86. The lowest BCUT2D eigenvalue weighted by atomic mass is 10.1. The summed E-state index contributed by atoms with van der Waals surface area (Å²) in [6, 6.07) is 2.30. The lowest BCUT2D eigenvalue weighted by molar-refractivity contribution is 0.493. The lowest BCUT2D eigenvalue weighted by Gasteiger charge is -2.21. The van der Waals surface area contributed by atoms with Crippen molar-refractivity contribution < 1.29 is 0 Å². The molecule has 0 fully saturated rings. The molecule has 1 aromatic heterocycles. The van der Waals surface area contributed by atoms with E-state index in [-0.39, 0.29) is 0 Å². The molecule has 0 aromatic carbocycles. The molecule has 1 aromatic rings. The number of nitriles is 1. The Kier molecular flexibility index (Phi) is 5.02. The molecule has 1 atom stereocenters. The van der Waals surface area contributed by atoms with Crippen LogP contribution in [0.15, 0.2) is 10.7 Å². The number of nitrogens with zero attached hydrogens (tertiary/aromatic N) is 3. The van der Waals surface area contributed by atoms with Crippen molar-refractivity contribution in [1.29, 1.82) is 5.26 Å². The average molecular weight is 242 g/mol. The van der Waals surface area contributed by atoms with E-state index < -0.39 is 5.54 Å². The van der Waals surface area contributed by atoms with Crippen LogP contribution < -0.4 is 5.32 Å². The van der Waals surface area contributed by atoms with Crippen molar-refractivity contribution in [3.8, 4) is 6.07 Å². The highest BCUT2D eigenvalue weighted by Gasteiger charge is 2.23. The van der Waals surface area contributed by atoms with Gasteiger partial charge in [0.05, 0.1) is 6.07 Å². The fourth-order valence-corrected chi connectivity index (χ4v) is 2.45. The van der Waals surface area contributed by atoms with Gasteiger partial charge in [0.25, 0.3) is 0 Å². The minimum atomic E-state index is -0.480. The van der Waals surface area contributed by atoms with E-state index >= 15 is 0 Å². The molecule has 0 aliphatic carbocycles. The zero-order chi connectivity index (χ0) is 11.1. The van der Waals surface area contributed by atoms with Crippen LogP contribution in [0.5, 0.6) is 0 Å². The highest BCUT2D eigenvalue weighted by atomic mass is 32.2. The summed E-state index contributed by atoms with van der Waals surface area (Å²) in [7, 11) is 0. The molecule has 0 bridgehead atoms. The van der Waals surface area contributed by atoms with Gasteiger partial charge in [-0.1, -0.05) is 18.7 Å². The maximum atomic E-state index is 9.08. The van der Waals surface area contributed by atoms with Gasteiger partial charge in [0, 0.05) is 5.75 Å². The first-order chi connectivity index (χ1) is 7.20. The van der Waals surface area contributed by atoms with E-state index in [1.807, 2.05) is 6.92 Å². The lowest BCUT2D eigenvalue weighted by Crippen LogP contribution is -2.43. The van der Waals surface area contributed by atoms with Gasteiger partial charge in [0.1, 0.15) is 11.9 Å². The Morgan fingerprint density at radius 3 is 3.07 bits per heavy atom. The van der Waals surface area contributed by atoms with Crippen LogP contribution in [0.3, 0.4) is 0 Å². The predicted molar refractivity (Wildman–Crippen MR) is 62.9 cm³/mol. The van der Waals surface area contributed by atoms with Crippen LogP contribution >= 0.6 is 23.3 Å². The third-order valence-corrected chi connectivity index (χ3v) is 3.95. The zero-order valence-corrected chi connectivity index (χ0v) is 10.5. The summed E-state index contributed by atoms with van der Waals surface area (Å²) in [5.41, 5.74) is -0.480. The third-order valence-electron chi connectivity index (χ3n) is 1.84. The average Bonchev–Trinajstić information content (AvgIpc) is 2.76. The van der Waals surface area contributed by atoms with Crippen molar-refractivity contribution in [3.63, 3.8) is 0 Å². The maximum absolute atomic E-state index is 9.08. The third kappa shape index (κ3) is 4.16. The van der Waals surface area contributed by atoms with Gasteiger partial charge in [-0.3, -0.25) is 5.32 Å². The normalized spacial score (nSPS) is 14.5. The van der Waals surface area contributed by atoms with E-state index in [1.54, 1.807) is 11.8 Å². The summed E-state index contributed by atoms with van der Waals surface area (Å²) in [5, 5.41) is 12.3. The Bertz CT molecular complexity index is 319. The van der Waals surface area contributed by atoms with Gasteiger partial charge >= 0.3 is 0 Å². The second-order valence-corrected chi connectivity index (χ2v) is 5.37. The van der Waals surface area contributed by atoms with E-state index in [0.29, 0.717) is 5.75 Å². The summed E-state index contributed by atoms with van der Waals surface area (Å²) in [4.78, 5) is 4.07. The molecule has 15 heavy (non-hydrogen) atoms. The largest absolute Gasteiger partial charge is 0.299 e. The van der Waals surface area contributed by atoms with Crippen LogP contribution in [-0.4, -0.2) is 27.2 Å². The van der Waals surface area contributed by atoms with Crippen LogP contribution in [-0.2, 0) is 0 Å².